The smallest absolute Gasteiger partial charge is 0.245 e. The first-order valence-corrected chi connectivity index (χ1v) is 13.4. The number of likely N-dealkylation sites (tertiary alicyclic amines) is 1. The lowest BCUT2D eigenvalue weighted by molar-refractivity contribution is -0.145. The van der Waals surface area contributed by atoms with Crippen molar-refractivity contribution in [3.05, 3.63) is 57.5 Å². The molecule has 3 heterocycles. The third kappa shape index (κ3) is 5.20. The minimum absolute atomic E-state index is 0.101. The molecule has 4 atom stereocenters. The third-order valence-corrected chi connectivity index (χ3v) is 8.73. The molecule has 2 aromatic heterocycles. The van der Waals surface area contributed by atoms with Crippen LogP contribution in [0.3, 0.4) is 0 Å². The molecule has 1 fully saturated rings. The van der Waals surface area contributed by atoms with Crippen LogP contribution >= 0.6 is 11.3 Å². The van der Waals surface area contributed by atoms with Crippen LogP contribution in [-0.4, -0.2) is 64.6 Å². The molecule has 0 spiro atoms. The number of carbonyl (C=O) groups is 2. The quantitative estimate of drug-likeness (QED) is 0.434. The molecule has 2 amide bonds. The Morgan fingerprint density at radius 1 is 1.14 bits per heavy atom. The molecule has 198 valence electrons. The summed E-state index contributed by atoms with van der Waals surface area (Å²) in [7, 11) is 3.42. The van der Waals surface area contributed by atoms with Crippen LogP contribution in [-0.2, 0) is 14.3 Å². The van der Waals surface area contributed by atoms with E-state index >= 15 is 0 Å². The van der Waals surface area contributed by atoms with E-state index in [0.29, 0.717) is 18.7 Å². The van der Waals surface area contributed by atoms with E-state index in [-0.39, 0.29) is 24.0 Å². The van der Waals surface area contributed by atoms with Gasteiger partial charge in [-0.3, -0.25) is 9.59 Å². The van der Waals surface area contributed by atoms with Gasteiger partial charge in [-0.25, -0.2) is 4.98 Å². The van der Waals surface area contributed by atoms with Gasteiger partial charge in [0, 0.05) is 32.7 Å². The van der Waals surface area contributed by atoms with Crippen molar-refractivity contribution in [1.29, 1.82) is 0 Å². The van der Waals surface area contributed by atoms with Gasteiger partial charge in [0.25, 0.3) is 0 Å². The number of ether oxygens (including phenoxy) is 1. The molecule has 0 bridgehead atoms. The van der Waals surface area contributed by atoms with Crippen LogP contribution in [0.2, 0.25) is 0 Å². The second-order valence-corrected chi connectivity index (χ2v) is 11.2. The lowest BCUT2D eigenvalue weighted by Crippen LogP contribution is -2.48. The second-order valence-electron chi connectivity index (χ2n) is 9.97. The van der Waals surface area contributed by atoms with Gasteiger partial charge in [-0.05, 0) is 52.7 Å². The minimum Gasteiger partial charge on any atom is -0.380 e. The molecule has 0 saturated carbocycles. The summed E-state index contributed by atoms with van der Waals surface area (Å²) < 4.78 is 11.0. The first-order chi connectivity index (χ1) is 17.5. The van der Waals surface area contributed by atoms with Crippen molar-refractivity contribution in [2.45, 2.75) is 72.1 Å². The molecule has 4 rings (SSSR count). The Kier molecular flexibility index (Phi) is 7.85. The highest BCUT2D eigenvalue weighted by atomic mass is 32.1. The number of hydrogen-bond acceptors (Lipinski definition) is 7. The predicted octanol–water partition coefficient (Wildman–Crippen LogP) is 4.97. The lowest BCUT2D eigenvalue weighted by Gasteiger charge is -2.32. The van der Waals surface area contributed by atoms with E-state index in [1.54, 1.807) is 42.2 Å². The normalized spacial score (nSPS) is 19.2. The lowest BCUT2D eigenvalue weighted by atomic mass is 10.0. The zero-order chi connectivity index (χ0) is 27.0. The van der Waals surface area contributed by atoms with Crippen molar-refractivity contribution in [3.63, 3.8) is 0 Å². The SMILES string of the molecule is CO[C@@H]1C[C@@H](C(=O)N(C)C(C)c2ccc(-c3sc(C)nc3C)cc2)N(C(=O)[C@H](C)c2onc(C)c2C)C1. The molecule has 1 aromatic carbocycles. The molecule has 37 heavy (non-hydrogen) atoms. The molecule has 0 aliphatic carbocycles. The highest BCUT2D eigenvalue weighted by Crippen LogP contribution is 2.33. The van der Waals surface area contributed by atoms with Crippen molar-refractivity contribution in [2.24, 2.45) is 0 Å². The summed E-state index contributed by atoms with van der Waals surface area (Å²) in [5.74, 6) is -0.252. The predicted molar refractivity (Wildman–Crippen MR) is 144 cm³/mol. The van der Waals surface area contributed by atoms with Crippen LogP contribution in [0.1, 0.15) is 65.5 Å². The maximum Gasteiger partial charge on any atom is 0.245 e. The molecule has 1 unspecified atom stereocenters. The maximum atomic E-state index is 13.7. The van der Waals surface area contributed by atoms with Crippen LogP contribution in [0, 0.1) is 27.7 Å². The third-order valence-electron chi connectivity index (χ3n) is 7.61. The number of carbonyl (C=O) groups excluding carboxylic acids is 2. The van der Waals surface area contributed by atoms with Gasteiger partial charge in [-0.15, -0.1) is 11.3 Å². The number of amides is 2. The summed E-state index contributed by atoms with van der Waals surface area (Å²) in [6.45, 7) is 12.0. The van der Waals surface area contributed by atoms with Crippen molar-refractivity contribution >= 4 is 23.2 Å². The van der Waals surface area contributed by atoms with E-state index in [1.165, 1.54) is 0 Å². The fraction of sp³-hybridized carbons (Fsp3) is 0.500. The molecule has 8 nitrogen and oxygen atoms in total. The van der Waals surface area contributed by atoms with Crippen LogP contribution in [0.5, 0.6) is 0 Å². The molecule has 0 N–H and O–H groups in total. The van der Waals surface area contributed by atoms with Crippen LogP contribution in [0.15, 0.2) is 28.8 Å². The summed E-state index contributed by atoms with van der Waals surface area (Å²) in [5.41, 5.74) is 4.80. The topological polar surface area (TPSA) is 88.8 Å². The molecular formula is C28H36N4O4S. The zero-order valence-corrected chi connectivity index (χ0v) is 23.7. The van der Waals surface area contributed by atoms with E-state index < -0.39 is 12.0 Å². The Morgan fingerprint density at radius 3 is 2.35 bits per heavy atom. The van der Waals surface area contributed by atoms with Crippen molar-refractivity contribution < 1.29 is 18.8 Å². The Labute approximate surface area is 222 Å². The van der Waals surface area contributed by atoms with Gasteiger partial charge < -0.3 is 19.1 Å². The fourth-order valence-corrected chi connectivity index (χ4v) is 5.93. The molecular weight excluding hydrogens is 488 g/mol. The monoisotopic (exact) mass is 524 g/mol. The van der Waals surface area contributed by atoms with Crippen LogP contribution in [0.25, 0.3) is 10.4 Å². The Balaban J connectivity index is 1.52. The van der Waals surface area contributed by atoms with E-state index in [1.807, 2.05) is 34.6 Å². The van der Waals surface area contributed by atoms with Gasteiger partial charge in [0.1, 0.15) is 6.04 Å². The van der Waals surface area contributed by atoms with Gasteiger partial charge >= 0.3 is 0 Å². The fourth-order valence-electron chi connectivity index (χ4n) is 5.01. The van der Waals surface area contributed by atoms with Crippen LogP contribution in [0.4, 0.5) is 0 Å². The summed E-state index contributed by atoms with van der Waals surface area (Å²) in [6, 6.07) is 7.52. The van der Waals surface area contributed by atoms with Gasteiger partial charge in [0.05, 0.1) is 39.3 Å². The zero-order valence-electron chi connectivity index (χ0n) is 22.9. The molecule has 0 radical (unpaired) electrons. The van der Waals surface area contributed by atoms with Crippen LogP contribution < -0.4 is 0 Å². The second kappa shape index (κ2) is 10.8. The number of aromatic nitrogens is 2. The number of hydrogen-bond donors (Lipinski definition) is 0. The number of rotatable bonds is 7. The Morgan fingerprint density at radius 2 is 1.81 bits per heavy atom. The number of thiazole rings is 1. The summed E-state index contributed by atoms with van der Waals surface area (Å²) in [4.78, 5) is 36.4. The number of benzene rings is 1. The van der Waals surface area contributed by atoms with E-state index in [0.717, 1.165) is 38.0 Å². The highest BCUT2D eigenvalue weighted by molar-refractivity contribution is 7.15. The standard InChI is InChI=1S/C28H36N4O4S/c1-15-17(3)30-36-25(15)16(2)27(33)32-14-23(35-8)13-24(32)28(34)31(7)19(5)21-9-11-22(12-10-21)26-18(4)29-20(6)37-26/h9-12,16,19,23-24H,13-14H2,1-8H3/t16-,19?,23-,24+/m1/s1. The average molecular weight is 525 g/mol. The van der Waals surface area contributed by atoms with E-state index in [4.69, 9.17) is 9.26 Å². The largest absolute Gasteiger partial charge is 0.380 e. The van der Waals surface area contributed by atoms with E-state index in [9.17, 15) is 9.59 Å². The maximum absolute atomic E-state index is 13.7. The first-order valence-electron chi connectivity index (χ1n) is 12.6. The first kappa shape index (κ1) is 27.0. The summed E-state index contributed by atoms with van der Waals surface area (Å²) in [6.07, 6.45) is 0.263. The van der Waals surface area contributed by atoms with Crippen molar-refractivity contribution in [3.8, 4) is 10.4 Å². The van der Waals surface area contributed by atoms with E-state index in [2.05, 4.69) is 34.4 Å². The molecule has 1 aliphatic rings. The summed E-state index contributed by atoms with van der Waals surface area (Å²) >= 11 is 1.68. The van der Waals surface area contributed by atoms with Gasteiger partial charge in [0.15, 0.2) is 5.76 Å². The molecule has 1 saturated heterocycles. The van der Waals surface area contributed by atoms with Crippen molar-refractivity contribution in [1.82, 2.24) is 19.9 Å². The number of methoxy groups -OCH3 is 1. The van der Waals surface area contributed by atoms with Gasteiger partial charge in [-0.2, -0.15) is 0 Å². The molecule has 3 aromatic rings. The highest BCUT2D eigenvalue weighted by Gasteiger charge is 2.43. The Hall–Kier alpha value is -3.04. The molecule has 1 aliphatic heterocycles. The summed E-state index contributed by atoms with van der Waals surface area (Å²) in [5, 5.41) is 5.04. The number of nitrogens with zero attached hydrogens (tertiary/aromatic N) is 4. The Bertz CT molecular complexity index is 1280. The molecule has 9 heteroatoms. The number of aryl methyl sites for hydroxylation is 3. The number of likely N-dealkylation sites (N-methyl/N-ethyl adjacent to an activating group) is 1. The van der Waals surface area contributed by atoms with Crippen molar-refractivity contribution in [2.75, 3.05) is 20.7 Å². The average Bonchev–Trinajstić information content (AvgIpc) is 3.58. The van der Waals surface area contributed by atoms with Gasteiger partial charge in [0.2, 0.25) is 11.8 Å². The minimum atomic E-state index is -0.598. The van der Waals surface area contributed by atoms with Gasteiger partial charge in [-0.1, -0.05) is 29.4 Å².